The molecule has 2 rings (SSSR count). The van der Waals surface area contributed by atoms with Gasteiger partial charge in [-0.05, 0) is 13.0 Å². The molecule has 2 N–H and O–H groups in total. The molecule has 1 aromatic rings. The third-order valence-corrected chi connectivity index (χ3v) is 2.01. The summed E-state index contributed by atoms with van der Waals surface area (Å²) in [5.41, 5.74) is 6.61. The summed E-state index contributed by atoms with van der Waals surface area (Å²) in [6.07, 6.45) is 8.44. The number of hydrogen-bond acceptors (Lipinski definition) is 3. The Bertz CT molecular complexity index is 423. The Labute approximate surface area is 82.4 Å². The van der Waals surface area contributed by atoms with E-state index in [-0.39, 0.29) is 0 Å². The predicted octanol–water partition coefficient (Wildman–Crippen LogP) is 1.49. The van der Waals surface area contributed by atoms with Gasteiger partial charge in [-0.25, -0.2) is 9.67 Å². The molecule has 0 spiro atoms. The SMILES string of the molecule is Cc1cc(N)nn1C1=NC=CC=CC1. The van der Waals surface area contributed by atoms with Crippen LogP contribution in [0.2, 0.25) is 0 Å². The first-order chi connectivity index (χ1) is 6.77. The van der Waals surface area contributed by atoms with Crippen molar-refractivity contribution in [2.75, 3.05) is 5.73 Å². The first-order valence-electron chi connectivity index (χ1n) is 4.48. The van der Waals surface area contributed by atoms with Gasteiger partial charge in [-0.15, -0.1) is 5.10 Å². The van der Waals surface area contributed by atoms with Crippen molar-refractivity contribution >= 4 is 11.7 Å². The molecule has 0 saturated carbocycles. The lowest BCUT2D eigenvalue weighted by Gasteiger charge is -2.03. The molecule has 0 bridgehead atoms. The van der Waals surface area contributed by atoms with Crippen molar-refractivity contribution < 1.29 is 0 Å². The molecule has 0 unspecified atom stereocenters. The molecule has 0 aliphatic carbocycles. The van der Waals surface area contributed by atoms with Crippen molar-refractivity contribution in [1.82, 2.24) is 9.78 Å². The molecule has 0 atom stereocenters. The van der Waals surface area contributed by atoms with Crippen LogP contribution < -0.4 is 5.73 Å². The molecule has 1 aromatic heterocycles. The van der Waals surface area contributed by atoms with Crippen molar-refractivity contribution in [2.24, 2.45) is 4.99 Å². The molecule has 0 amide bonds. The lowest BCUT2D eigenvalue weighted by atomic mass is 10.3. The first-order valence-corrected chi connectivity index (χ1v) is 4.48. The number of rotatable bonds is 0. The summed E-state index contributed by atoms with van der Waals surface area (Å²) in [7, 11) is 0. The van der Waals surface area contributed by atoms with Crippen LogP contribution in [0.3, 0.4) is 0 Å². The standard InChI is InChI=1S/C10H12N4/c1-8-7-9(11)13-14(8)10-5-3-2-4-6-12-10/h2-4,6-7H,5H2,1H3,(H2,11,13). The van der Waals surface area contributed by atoms with Gasteiger partial charge in [-0.1, -0.05) is 12.2 Å². The Morgan fingerprint density at radius 1 is 1.43 bits per heavy atom. The molecule has 0 saturated heterocycles. The van der Waals surface area contributed by atoms with Gasteiger partial charge in [0.05, 0.1) is 0 Å². The molecule has 0 fully saturated rings. The zero-order chi connectivity index (χ0) is 9.97. The highest BCUT2D eigenvalue weighted by molar-refractivity contribution is 5.86. The lowest BCUT2D eigenvalue weighted by molar-refractivity contribution is 0.884. The molecular formula is C10H12N4. The lowest BCUT2D eigenvalue weighted by Crippen LogP contribution is -2.14. The van der Waals surface area contributed by atoms with Crippen LogP contribution >= 0.6 is 0 Å². The van der Waals surface area contributed by atoms with Gasteiger partial charge in [0.25, 0.3) is 0 Å². The largest absolute Gasteiger partial charge is 0.382 e. The number of hydrogen-bond donors (Lipinski definition) is 1. The Morgan fingerprint density at radius 2 is 2.29 bits per heavy atom. The van der Waals surface area contributed by atoms with Crippen LogP contribution in [0.15, 0.2) is 35.5 Å². The van der Waals surface area contributed by atoms with Crippen molar-refractivity contribution in [3.63, 3.8) is 0 Å². The van der Waals surface area contributed by atoms with Crippen LogP contribution in [0.5, 0.6) is 0 Å². The fourth-order valence-electron chi connectivity index (χ4n) is 1.38. The quantitative estimate of drug-likeness (QED) is 0.670. The van der Waals surface area contributed by atoms with Gasteiger partial charge in [-0.3, -0.25) is 0 Å². The third kappa shape index (κ3) is 1.59. The van der Waals surface area contributed by atoms with E-state index in [9.17, 15) is 0 Å². The molecular weight excluding hydrogens is 176 g/mol. The second-order valence-electron chi connectivity index (χ2n) is 3.14. The topological polar surface area (TPSA) is 56.2 Å². The average molecular weight is 188 g/mol. The number of aliphatic imine (C=N–C) groups is 1. The van der Waals surface area contributed by atoms with E-state index in [4.69, 9.17) is 5.73 Å². The van der Waals surface area contributed by atoms with Crippen molar-refractivity contribution in [3.05, 3.63) is 36.2 Å². The maximum Gasteiger partial charge on any atom is 0.146 e. The molecule has 1 aliphatic rings. The summed E-state index contributed by atoms with van der Waals surface area (Å²) in [5, 5.41) is 4.17. The third-order valence-electron chi connectivity index (χ3n) is 2.01. The Hall–Kier alpha value is -1.84. The van der Waals surface area contributed by atoms with E-state index in [0.717, 1.165) is 18.0 Å². The van der Waals surface area contributed by atoms with Crippen LogP contribution in [0.1, 0.15) is 12.1 Å². The maximum atomic E-state index is 5.60. The first kappa shape index (κ1) is 8.74. The summed E-state index contributed by atoms with van der Waals surface area (Å²) in [5.74, 6) is 1.42. The number of aryl methyl sites for hydroxylation is 1. The minimum Gasteiger partial charge on any atom is -0.382 e. The molecule has 72 valence electrons. The Kier molecular flexibility index (Phi) is 2.18. The van der Waals surface area contributed by atoms with Gasteiger partial charge in [-0.2, -0.15) is 0 Å². The van der Waals surface area contributed by atoms with E-state index in [1.165, 1.54) is 0 Å². The highest BCUT2D eigenvalue weighted by atomic mass is 15.3. The maximum absolute atomic E-state index is 5.60. The zero-order valence-electron chi connectivity index (χ0n) is 8.01. The smallest absolute Gasteiger partial charge is 0.146 e. The fraction of sp³-hybridized carbons (Fsp3) is 0.200. The monoisotopic (exact) mass is 188 g/mol. The molecule has 4 nitrogen and oxygen atoms in total. The van der Waals surface area contributed by atoms with E-state index >= 15 is 0 Å². The predicted molar refractivity (Wildman–Crippen MR) is 57.1 cm³/mol. The number of nitrogens with zero attached hydrogens (tertiary/aromatic N) is 3. The van der Waals surface area contributed by atoms with Crippen molar-refractivity contribution in [3.8, 4) is 0 Å². The molecule has 2 heterocycles. The van der Waals surface area contributed by atoms with E-state index in [1.54, 1.807) is 10.9 Å². The summed E-state index contributed by atoms with van der Waals surface area (Å²) in [4.78, 5) is 4.29. The number of anilines is 1. The number of nitrogens with two attached hydrogens (primary N) is 1. The second-order valence-corrected chi connectivity index (χ2v) is 3.14. The number of nitrogen functional groups attached to an aromatic ring is 1. The number of allylic oxidation sites excluding steroid dienone is 3. The van der Waals surface area contributed by atoms with Crippen LogP contribution in [0, 0.1) is 6.92 Å². The Balaban J connectivity index is 2.39. The van der Waals surface area contributed by atoms with Gasteiger partial charge < -0.3 is 5.73 Å². The van der Waals surface area contributed by atoms with Gasteiger partial charge in [0.2, 0.25) is 0 Å². The molecule has 0 aromatic carbocycles. The fourth-order valence-corrected chi connectivity index (χ4v) is 1.38. The van der Waals surface area contributed by atoms with Gasteiger partial charge in [0.1, 0.15) is 11.7 Å². The summed E-state index contributed by atoms with van der Waals surface area (Å²) >= 11 is 0. The van der Waals surface area contributed by atoms with Crippen LogP contribution in [-0.2, 0) is 0 Å². The molecule has 14 heavy (non-hydrogen) atoms. The van der Waals surface area contributed by atoms with Crippen molar-refractivity contribution in [1.29, 1.82) is 0 Å². The second kappa shape index (κ2) is 3.49. The van der Waals surface area contributed by atoms with Crippen LogP contribution in [0.25, 0.3) is 0 Å². The van der Waals surface area contributed by atoms with Gasteiger partial charge in [0.15, 0.2) is 0 Å². The van der Waals surface area contributed by atoms with Gasteiger partial charge >= 0.3 is 0 Å². The van der Waals surface area contributed by atoms with Gasteiger partial charge in [0, 0.05) is 24.4 Å². The summed E-state index contributed by atoms with van der Waals surface area (Å²) in [6, 6.07) is 1.83. The van der Waals surface area contributed by atoms with E-state index in [1.807, 2.05) is 31.2 Å². The minimum absolute atomic E-state index is 0.530. The molecule has 1 aliphatic heterocycles. The van der Waals surface area contributed by atoms with Crippen LogP contribution in [-0.4, -0.2) is 15.6 Å². The highest BCUT2D eigenvalue weighted by Crippen LogP contribution is 2.07. The highest BCUT2D eigenvalue weighted by Gasteiger charge is 2.06. The van der Waals surface area contributed by atoms with E-state index in [0.29, 0.717) is 5.82 Å². The normalized spacial score (nSPS) is 15.4. The molecule has 4 heteroatoms. The van der Waals surface area contributed by atoms with Crippen molar-refractivity contribution in [2.45, 2.75) is 13.3 Å². The van der Waals surface area contributed by atoms with E-state index in [2.05, 4.69) is 10.1 Å². The zero-order valence-corrected chi connectivity index (χ0v) is 8.01. The Morgan fingerprint density at radius 3 is 3.00 bits per heavy atom. The number of aromatic nitrogens is 2. The molecule has 0 radical (unpaired) electrons. The summed E-state index contributed by atoms with van der Waals surface area (Å²) < 4.78 is 1.77. The van der Waals surface area contributed by atoms with E-state index < -0.39 is 0 Å². The minimum atomic E-state index is 0.530. The summed E-state index contributed by atoms with van der Waals surface area (Å²) in [6.45, 7) is 1.96. The van der Waals surface area contributed by atoms with Crippen LogP contribution in [0.4, 0.5) is 5.82 Å². The average Bonchev–Trinajstić information content (AvgIpc) is 2.43.